The third kappa shape index (κ3) is 5.83. The maximum atomic E-state index is 14.3. The van der Waals surface area contributed by atoms with Gasteiger partial charge in [-0.05, 0) is 48.9 Å². The number of hydrogen-bond donors (Lipinski definition) is 3. The number of halogens is 3. The Morgan fingerprint density at radius 2 is 1.93 bits per heavy atom. The molecule has 3 heterocycles. The number of aryl methyl sites for hydroxylation is 1. The maximum absolute atomic E-state index is 14.3. The van der Waals surface area contributed by atoms with Crippen molar-refractivity contribution in [2.45, 2.75) is 81.8 Å². The van der Waals surface area contributed by atoms with Crippen LogP contribution < -0.4 is 0 Å². The number of aliphatic hydroxyl groups excluding tert-OH is 3. The average Bonchev–Trinajstić information content (AvgIpc) is 3.63. The molecule has 1 saturated heterocycles. The highest BCUT2D eigenvalue weighted by molar-refractivity contribution is 7.10. The summed E-state index contributed by atoms with van der Waals surface area (Å²) in [6, 6.07) is 1.86. The van der Waals surface area contributed by atoms with Gasteiger partial charge in [0.2, 0.25) is 0 Å². The van der Waals surface area contributed by atoms with Gasteiger partial charge < -0.3 is 29.7 Å². The van der Waals surface area contributed by atoms with Crippen LogP contribution in [-0.2, 0) is 20.8 Å². The van der Waals surface area contributed by atoms with E-state index < -0.39 is 72.6 Å². The van der Waals surface area contributed by atoms with Crippen LogP contribution in [0.4, 0.5) is 13.2 Å². The molecule has 1 amide bonds. The van der Waals surface area contributed by atoms with E-state index in [1.54, 1.807) is 16.2 Å². The van der Waals surface area contributed by atoms with Crippen molar-refractivity contribution in [3.8, 4) is 11.3 Å². The van der Waals surface area contributed by atoms with E-state index in [4.69, 9.17) is 9.47 Å². The van der Waals surface area contributed by atoms with Crippen molar-refractivity contribution < 1.29 is 42.8 Å². The predicted octanol–water partition coefficient (Wildman–Crippen LogP) is 2.74. The number of ether oxygens (including phenoxy) is 2. The van der Waals surface area contributed by atoms with E-state index in [-0.39, 0.29) is 17.8 Å². The van der Waals surface area contributed by atoms with Crippen LogP contribution in [0, 0.1) is 24.4 Å². The second-order valence-electron chi connectivity index (χ2n) is 10.7. The summed E-state index contributed by atoms with van der Waals surface area (Å²) in [7, 11) is 1.33. The smallest absolute Gasteiger partial charge is 0.255 e. The third-order valence-corrected chi connectivity index (χ3v) is 9.05. The molecule has 1 aromatic carbocycles. The molecule has 3 N–H and O–H groups in total. The van der Waals surface area contributed by atoms with Crippen molar-refractivity contribution in [3.05, 3.63) is 57.7 Å². The third-order valence-electron chi connectivity index (χ3n) is 8.16. The Hall–Kier alpha value is -2.88. The van der Waals surface area contributed by atoms with E-state index in [1.165, 1.54) is 18.0 Å². The summed E-state index contributed by atoms with van der Waals surface area (Å²) < 4.78 is 54.1. The van der Waals surface area contributed by atoms with Crippen molar-refractivity contribution in [2.24, 2.45) is 0 Å². The first-order chi connectivity index (χ1) is 20.1. The van der Waals surface area contributed by atoms with Crippen molar-refractivity contribution in [1.82, 2.24) is 19.9 Å². The van der Waals surface area contributed by atoms with Crippen molar-refractivity contribution >= 4 is 17.2 Å². The van der Waals surface area contributed by atoms with Crippen molar-refractivity contribution in [2.75, 3.05) is 13.7 Å². The van der Waals surface area contributed by atoms with Gasteiger partial charge in [-0.2, -0.15) is 0 Å². The maximum Gasteiger partial charge on any atom is 0.255 e. The van der Waals surface area contributed by atoms with Gasteiger partial charge in [0.15, 0.2) is 23.6 Å². The van der Waals surface area contributed by atoms with E-state index in [2.05, 4.69) is 10.3 Å². The van der Waals surface area contributed by atoms with E-state index in [1.807, 2.05) is 18.4 Å². The lowest BCUT2D eigenvalue weighted by Gasteiger charge is -2.46. The molecule has 10 nitrogen and oxygen atoms in total. The van der Waals surface area contributed by atoms with Crippen LogP contribution in [0.15, 0.2) is 29.8 Å². The molecular weight excluding hydrogens is 577 g/mol. The molecule has 0 spiro atoms. The lowest BCUT2D eigenvalue weighted by atomic mass is 9.88. The fourth-order valence-electron chi connectivity index (χ4n) is 5.85. The summed E-state index contributed by atoms with van der Waals surface area (Å²) in [5.74, 6) is -4.92. The molecule has 14 heteroatoms. The van der Waals surface area contributed by atoms with Gasteiger partial charge in [-0.1, -0.05) is 18.1 Å². The number of carbonyl (C=O) groups is 1. The lowest BCUT2D eigenvalue weighted by molar-refractivity contribution is -0.219. The molecule has 0 bridgehead atoms. The molecule has 1 aliphatic carbocycles. The topological polar surface area (TPSA) is 130 Å². The van der Waals surface area contributed by atoms with Crippen LogP contribution in [0.5, 0.6) is 0 Å². The summed E-state index contributed by atoms with van der Waals surface area (Å²) in [5, 5.41) is 42.0. The van der Waals surface area contributed by atoms with Gasteiger partial charge >= 0.3 is 0 Å². The molecule has 3 aromatic rings. The van der Waals surface area contributed by atoms with Crippen molar-refractivity contribution in [1.29, 1.82) is 0 Å². The Bertz CT molecular complexity index is 1380. The van der Waals surface area contributed by atoms with Crippen molar-refractivity contribution in [3.63, 3.8) is 0 Å². The molecule has 228 valence electrons. The van der Waals surface area contributed by atoms with Gasteiger partial charge in [0.25, 0.3) is 5.91 Å². The summed E-state index contributed by atoms with van der Waals surface area (Å²) in [5.41, 5.74) is 0.804. The van der Waals surface area contributed by atoms with Crippen LogP contribution in [-0.4, -0.2) is 91.4 Å². The zero-order valence-corrected chi connectivity index (χ0v) is 23.9. The molecular formula is C28H33F3N4O6S. The van der Waals surface area contributed by atoms with Crippen LogP contribution >= 0.6 is 11.3 Å². The quantitative estimate of drug-likeness (QED) is 0.332. The standard InChI is InChI=1S/C28H33F3N4O6S/c1-14-15(7-8-42-14)11-34(20-5-3-4-6-21(20)37)28(39)27-26(40-2)24(25(38)22(13-36)41-27)35-12-19(32-33-35)16-9-17(29)23(31)18(30)10-16/h7-10,12,20-22,24-27,36-38H,3-6,11,13H2,1-2H3/t20-,21-,22+,24-,25-,26+,27+/m0/s1. The first-order valence-corrected chi connectivity index (χ1v) is 14.6. The molecule has 0 radical (unpaired) electrons. The summed E-state index contributed by atoms with van der Waals surface area (Å²) in [4.78, 5) is 16.9. The summed E-state index contributed by atoms with van der Waals surface area (Å²) >= 11 is 1.54. The minimum atomic E-state index is -1.62. The average molecular weight is 611 g/mol. The number of methoxy groups -OCH3 is 1. The minimum Gasteiger partial charge on any atom is -0.394 e. The Morgan fingerprint density at radius 1 is 1.21 bits per heavy atom. The van der Waals surface area contributed by atoms with Gasteiger partial charge in [0, 0.05) is 24.1 Å². The number of nitrogens with zero attached hydrogens (tertiary/aromatic N) is 4. The number of hydrogen-bond acceptors (Lipinski definition) is 9. The number of amides is 1. The predicted molar refractivity (Wildman–Crippen MR) is 145 cm³/mol. The van der Waals surface area contributed by atoms with Gasteiger partial charge in [0.1, 0.15) is 30.0 Å². The second-order valence-corrected chi connectivity index (χ2v) is 11.8. The summed E-state index contributed by atoms with van der Waals surface area (Å²) in [6.45, 7) is 1.53. The number of aromatic nitrogens is 3. The van der Waals surface area contributed by atoms with Crippen LogP contribution in [0.3, 0.4) is 0 Å². The number of benzene rings is 1. The molecule has 42 heavy (non-hydrogen) atoms. The van der Waals surface area contributed by atoms with Crippen LogP contribution in [0.25, 0.3) is 11.3 Å². The normalized spacial score (nSPS) is 28.1. The Kier molecular flexibility index (Phi) is 9.30. The zero-order valence-electron chi connectivity index (χ0n) is 23.1. The summed E-state index contributed by atoms with van der Waals surface area (Å²) in [6.07, 6.45) is -1.75. The monoisotopic (exact) mass is 610 g/mol. The number of aliphatic hydroxyl groups is 3. The zero-order chi connectivity index (χ0) is 30.1. The van der Waals surface area contributed by atoms with Gasteiger partial charge in [0.05, 0.1) is 24.9 Å². The lowest BCUT2D eigenvalue weighted by Crippen LogP contribution is -2.62. The Labute approximate surface area is 244 Å². The van der Waals surface area contributed by atoms with Gasteiger partial charge in [-0.3, -0.25) is 4.79 Å². The minimum absolute atomic E-state index is 0.0235. The van der Waals surface area contributed by atoms with E-state index in [9.17, 15) is 33.3 Å². The van der Waals surface area contributed by atoms with E-state index >= 15 is 0 Å². The number of carbonyl (C=O) groups excluding carboxylic acids is 1. The number of thiophene rings is 1. The molecule has 1 saturated carbocycles. The molecule has 1 aliphatic heterocycles. The highest BCUT2D eigenvalue weighted by atomic mass is 32.1. The van der Waals surface area contributed by atoms with E-state index in [0.717, 1.165) is 35.4 Å². The second kappa shape index (κ2) is 12.8. The Morgan fingerprint density at radius 3 is 2.55 bits per heavy atom. The SMILES string of the molecule is CO[C@@H]1[C@@H](n2cc(-c3cc(F)c(F)c(F)c3)nn2)[C@@H](O)[C@@H](CO)O[C@H]1C(=O)N(Cc1ccsc1C)[C@H]1CCCC[C@@H]1O. The molecule has 2 aromatic heterocycles. The largest absolute Gasteiger partial charge is 0.394 e. The van der Waals surface area contributed by atoms with Gasteiger partial charge in [-0.25, -0.2) is 17.9 Å². The number of rotatable bonds is 8. The fourth-order valence-corrected chi connectivity index (χ4v) is 6.57. The van der Waals surface area contributed by atoms with Crippen LogP contribution in [0.2, 0.25) is 0 Å². The van der Waals surface area contributed by atoms with E-state index in [0.29, 0.717) is 12.8 Å². The molecule has 5 rings (SSSR count). The highest BCUT2D eigenvalue weighted by Crippen LogP contribution is 2.36. The van der Waals surface area contributed by atoms with Gasteiger partial charge in [-0.15, -0.1) is 16.4 Å². The molecule has 7 atom stereocenters. The molecule has 0 unspecified atom stereocenters. The Balaban J connectivity index is 1.50. The highest BCUT2D eigenvalue weighted by Gasteiger charge is 2.51. The molecule has 2 aliphatic rings. The first-order valence-electron chi connectivity index (χ1n) is 13.7. The van der Waals surface area contributed by atoms with Crippen LogP contribution in [0.1, 0.15) is 42.2 Å². The fraction of sp³-hybridized carbons (Fsp3) is 0.536. The first kappa shape index (κ1) is 30.6. The molecule has 2 fully saturated rings.